The minimum absolute atomic E-state index is 0.00523. The van der Waals surface area contributed by atoms with Gasteiger partial charge in [0.05, 0.1) is 21.8 Å². The summed E-state index contributed by atoms with van der Waals surface area (Å²) in [6.45, 7) is 12.8. The minimum Gasteiger partial charge on any atom is -0.349 e. The number of aromatic nitrogens is 3. The summed E-state index contributed by atoms with van der Waals surface area (Å²) in [4.78, 5) is 26.1. The molecule has 2 aromatic carbocycles. The Kier molecular flexibility index (Phi) is 7.47. The number of nitrogens with one attached hydrogen (secondary N) is 1. The largest absolute Gasteiger partial charge is 0.349 e. The molecule has 0 unspecified atom stereocenters. The Morgan fingerprint density at radius 1 is 1.10 bits per heavy atom. The van der Waals surface area contributed by atoms with Gasteiger partial charge in [-0.3, -0.25) is 14.8 Å². The van der Waals surface area contributed by atoms with Crippen LogP contribution in [0.15, 0.2) is 67.3 Å². The zero-order valence-corrected chi connectivity index (χ0v) is 23.8. The molecule has 2 atom stereocenters. The Hall–Kier alpha value is -4.04. The molecule has 1 amide bonds. The summed E-state index contributed by atoms with van der Waals surface area (Å²) in [6.07, 6.45) is 1.33. The third kappa shape index (κ3) is 4.77. The first-order valence-electron chi connectivity index (χ1n) is 13.3. The average Bonchev–Trinajstić information content (AvgIpc) is 2.93. The molecule has 5 rings (SSSR count). The van der Waals surface area contributed by atoms with Crippen LogP contribution in [0.5, 0.6) is 0 Å². The second kappa shape index (κ2) is 10.8. The molecule has 7 nitrogen and oxygen atoms in total. The van der Waals surface area contributed by atoms with Crippen LogP contribution in [0, 0.1) is 11.2 Å². The lowest BCUT2D eigenvalue weighted by molar-refractivity contribution is -0.128. The molecule has 1 aliphatic heterocycles. The maximum Gasteiger partial charge on any atom is 0.246 e. The Morgan fingerprint density at radius 3 is 2.50 bits per heavy atom. The van der Waals surface area contributed by atoms with Crippen molar-refractivity contribution in [3.05, 3.63) is 89.3 Å². The van der Waals surface area contributed by atoms with E-state index in [4.69, 9.17) is 27.0 Å². The first kappa shape index (κ1) is 27.5. The van der Waals surface area contributed by atoms with E-state index in [1.807, 2.05) is 38.1 Å². The first-order valence-corrected chi connectivity index (χ1v) is 13.7. The predicted molar refractivity (Wildman–Crippen MR) is 157 cm³/mol. The molecule has 0 spiro atoms. The molecule has 4 aromatic rings. The van der Waals surface area contributed by atoms with Gasteiger partial charge in [-0.1, -0.05) is 62.4 Å². The third-order valence-electron chi connectivity index (χ3n) is 7.48. The molecule has 0 bridgehead atoms. The molecular weight excluding hydrogens is 527 g/mol. The van der Waals surface area contributed by atoms with Gasteiger partial charge in [0.1, 0.15) is 11.6 Å². The normalized spacial score (nSPS) is 17.5. The summed E-state index contributed by atoms with van der Waals surface area (Å²) >= 11 is 6.79. The van der Waals surface area contributed by atoms with Crippen molar-refractivity contribution in [2.75, 3.05) is 18.0 Å². The summed E-state index contributed by atoms with van der Waals surface area (Å²) < 4.78 is 16.6. The van der Waals surface area contributed by atoms with Crippen molar-refractivity contribution in [2.45, 2.75) is 45.7 Å². The zero-order valence-electron chi connectivity index (χ0n) is 23.0. The van der Waals surface area contributed by atoms with E-state index in [1.54, 1.807) is 33.7 Å². The van der Waals surface area contributed by atoms with E-state index >= 15 is 0 Å². The summed E-state index contributed by atoms with van der Waals surface area (Å²) in [5, 5.41) is 10.0. The number of pyridine rings is 1. The van der Waals surface area contributed by atoms with Crippen LogP contribution in [0.25, 0.3) is 28.0 Å². The highest BCUT2D eigenvalue weighted by Crippen LogP contribution is 2.36. The smallest absolute Gasteiger partial charge is 0.246 e. The molecule has 1 saturated heterocycles. The van der Waals surface area contributed by atoms with E-state index < -0.39 is 5.82 Å². The number of amides is 1. The molecule has 1 N–H and O–H groups in total. The number of carbonyl (C=O) groups excluding carboxylic acids is 1. The van der Waals surface area contributed by atoms with Crippen LogP contribution in [0.3, 0.4) is 0 Å². The SMILES string of the molecule is C=CC(=O)N1C[C@H](C)N(c2nc(=N)n(-c3ccccc3C(C)C)c3nc(-c4ccccc4F)c(Cl)cc23)C[C@H]1C. The van der Waals surface area contributed by atoms with E-state index in [0.717, 1.165) is 11.3 Å². The second-order valence-corrected chi connectivity index (χ2v) is 10.9. The van der Waals surface area contributed by atoms with E-state index in [9.17, 15) is 9.18 Å². The summed E-state index contributed by atoms with van der Waals surface area (Å²) in [5.74, 6) is 0.176. The minimum atomic E-state index is -0.434. The van der Waals surface area contributed by atoms with Crippen LogP contribution < -0.4 is 10.5 Å². The van der Waals surface area contributed by atoms with Crippen molar-refractivity contribution in [3.8, 4) is 16.9 Å². The first-order chi connectivity index (χ1) is 19.1. The number of piperazine rings is 1. The Morgan fingerprint density at radius 2 is 1.80 bits per heavy atom. The van der Waals surface area contributed by atoms with Crippen molar-refractivity contribution >= 4 is 34.4 Å². The molecule has 0 aliphatic carbocycles. The Labute approximate surface area is 238 Å². The van der Waals surface area contributed by atoms with Crippen LogP contribution in [-0.4, -0.2) is 50.5 Å². The Balaban J connectivity index is 1.80. The summed E-state index contributed by atoms with van der Waals surface area (Å²) in [5.41, 5.74) is 2.83. The second-order valence-electron chi connectivity index (χ2n) is 10.5. The monoisotopic (exact) mass is 558 g/mol. The fourth-order valence-electron chi connectivity index (χ4n) is 5.44. The number of anilines is 1. The number of carbonyl (C=O) groups is 1. The highest BCUT2D eigenvalue weighted by molar-refractivity contribution is 6.33. The summed E-state index contributed by atoms with van der Waals surface area (Å²) in [6, 6.07) is 15.8. The Bertz CT molecular complexity index is 1680. The lowest BCUT2D eigenvalue weighted by Crippen LogP contribution is -2.58. The lowest BCUT2D eigenvalue weighted by Gasteiger charge is -2.44. The molecule has 0 saturated carbocycles. The van der Waals surface area contributed by atoms with Crippen LogP contribution in [0.4, 0.5) is 10.2 Å². The van der Waals surface area contributed by atoms with Gasteiger partial charge in [0.2, 0.25) is 11.5 Å². The maximum absolute atomic E-state index is 14.9. The summed E-state index contributed by atoms with van der Waals surface area (Å²) in [7, 11) is 0. The third-order valence-corrected chi connectivity index (χ3v) is 7.76. The van der Waals surface area contributed by atoms with Crippen LogP contribution >= 0.6 is 11.6 Å². The number of nitrogens with zero attached hydrogens (tertiary/aromatic N) is 5. The highest BCUT2D eigenvalue weighted by Gasteiger charge is 2.33. The molecule has 1 aliphatic rings. The van der Waals surface area contributed by atoms with Gasteiger partial charge < -0.3 is 9.80 Å². The van der Waals surface area contributed by atoms with Crippen LogP contribution in [-0.2, 0) is 4.79 Å². The van der Waals surface area contributed by atoms with Gasteiger partial charge in [-0.05, 0) is 55.7 Å². The molecule has 1 fully saturated rings. The van der Waals surface area contributed by atoms with Gasteiger partial charge >= 0.3 is 0 Å². The number of benzene rings is 2. The standard InChI is InChI=1S/C31H32ClFN6O/c1-6-27(40)37-16-20(5)38(17-19(37)4)29-23-15-24(32)28(22-12-7-9-13-25(22)33)35-30(23)39(31(34)36-29)26-14-10-8-11-21(26)18(2)3/h6-15,18-20,34H,1,16-17H2,2-5H3/t19-,20+/m1/s1. The predicted octanol–water partition coefficient (Wildman–Crippen LogP) is 6.09. The van der Waals surface area contributed by atoms with E-state index in [1.165, 1.54) is 12.1 Å². The molecule has 40 heavy (non-hydrogen) atoms. The van der Waals surface area contributed by atoms with Gasteiger partial charge in [-0.15, -0.1) is 0 Å². The molecule has 9 heteroatoms. The molecule has 0 radical (unpaired) electrons. The molecule has 3 heterocycles. The number of para-hydroxylation sites is 1. The van der Waals surface area contributed by atoms with Gasteiger partial charge in [0.25, 0.3) is 0 Å². The number of rotatable bonds is 5. The van der Waals surface area contributed by atoms with E-state index in [-0.39, 0.29) is 40.1 Å². The molecule has 2 aromatic heterocycles. The number of fused-ring (bicyclic) bond motifs is 1. The van der Waals surface area contributed by atoms with Gasteiger partial charge in [-0.25, -0.2) is 9.37 Å². The van der Waals surface area contributed by atoms with Crippen molar-refractivity contribution in [1.29, 1.82) is 5.41 Å². The topological polar surface area (TPSA) is 78.1 Å². The van der Waals surface area contributed by atoms with Crippen molar-refractivity contribution < 1.29 is 9.18 Å². The zero-order chi connectivity index (χ0) is 28.7. The lowest BCUT2D eigenvalue weighted by atomic mass is 10.0. The van der Waals surface area contributed by atoms with Crippen molar-refractivity contribution in [3.63, 3.8) is 0 Å². The van der Waals surface area contributed by atoms with Gasteiger partial charge in [0.15, 0.2) is 5.65 Å². The fraction of sp³-hybridized carbons (Fsp3) is 0.290. The number of hydrogen-bond acceptors (Lipinski definition) is 5. The van der Waals surface area contributed by atoms with Gasteiger partial charge in [0, 0.05) is 30.7 Å². The molecule has 206 valence electrons. The van der Waals surface area contributed by atoms with Crippen molar-refractivity contribution in [1.82, 2.24) is 19.4 Å². The highest BCUT2D eigenvalue weighted by atomic mass is 35.5. The quantitative estimate of drug-likeness (QED) is 0.300. The van der Waals surface area contributed by atoms with Crippen molar-refractivity contribution in [2.24, 2.45) is 0 Å². The van der Waals surface area contributed by atoms with Crippen LogP contribution in [0.1, 0.15) is 39.2 Å². The fourth-order valence-corrected chi connectivity index (χ4v) is 5.69. The maximum atomic E-state index is 14.9. The average molecular weight is 559 g/mol. The number of halogens is 2. The molecular formula is C31H32ClFN6O. The van der Waals surface area contributed by atoms with Crippen LogP contribution in [0.2, 0.25) is 5.02 Å². The van der Waals surface area contributed by atoms with E-state index in [2.05, 4.69) is 25.3 Å². The van der Waals surface area contributed by atoms with E-state index in [0.29, 0.717) is 35.6 Å². The number of hydrogen-bond donors (Lipinski definition) is 1. The van der Waals surface area contributed by atoms with Gasteiger partial charge in [-0.2, -0.15) is 4.98 Å².